The van der Waals surface area contributed by atoms with E-state index in [2.05, 4.69) is 9.71 Å². The van der Waals surface area contributed by atoms with E-state index in [1.165, 1.54) is 17.5 Å². The molecule has 0 saturated carbocycles. The molecular weight excluding hydrogens is 328 g/mol. The van der Waals surface area contributed by atoms with Crippen molar-refractivity contribution in [2.45, 2.75) is 17.6 Å². The van der Waals surface area contributed by atoms with Gasteiger partial charge in [-0.25, -0.2) is 8.42 Å². The van der Waals surface area contributed by atoms with Crippen LogP contribution in [0.2, 0.25) is 0 Å². The number of rotatable bonds is 5. The van der Waals surface area contributed by atoms with Gasteiger partial charge in [0.15, 0.2) is 0 Å². The first kappa shape index (κ1) is 15.7. The third-order valence-electron chi connectivity index (χ3n) is 3.34. The van der Waals surface area contributed by atoms with Gasteiger partial charge in [0.2, 0.25) is 0 Å². The molecule has 0 aliphatic rings. The summed E-state index contributed by atoms with van der Waals surface area (Å²) in [6.45, 7) is 2.00. The SMILES string of the molecule is CCc1ccc(S(=O)(=O)Nc2ccc(-c3ccccc3)nc2)s1. The van der Waals surface area contributed by atoms with Crippen LogP contribution in [0.5, 0.6) is 0 Å². The van der Waals surface area contributed by atoms with Gasteiger partial charge in [0.05, 0.1) is 17.6 Å². The van der Waals surface area contributed by atoms with Gasteiger partial charge in [0.1, 0.15) is 4.21 Å². The predicted octanol–water partition coefficient (Wildman–Crippen LogP) is 4.17. The lowest BCUT2D eigenvalue weighted by molar-refractivity contribution is 0.603. The van der Waals surface area contributed by atoms with Gasteiger partial charge in [-0.3, -0.25) is 9.71 Å². The number of nitrogens with zero attached hydrogens (tertiary/aromatic N) is 1. The molecule has 4 nitrogen and oxygen atoms in total. The van der Waals surface area contributed by atoms with E-state index in [1.54, 1.807) is 18.2 Å². The van der Waals surface area contributed by atoms with Crippen LogP contribution in [0.25, 0.3) is 11.3 Å². The number of pyridine rings is 1. The van der Waals surface area contributed by atoms with Crippen molar-refractivity contribution in [2.24, 2.45) is 0 Å². The third kappa shape index (κ3) is 3.60. The van der Waals surface area contributed by atoms with Crippen LogP contribution in [0, 0.1) is 0 Å². The lowest BCUT2D eigenvalue weighted by atomic mass is 10.1. The Bertz CT molecular complexity index is 886. The Kier molecular flexibility index (Phi) is 4.45. The van der Waals surface area contributed by atoms with E-state index >= 15 is 0 Å². The highest BCUT2D eigenvalue weighted by Crippen LogP contribution is 2.25. The first-order valence-corrected chi connectivity index (χ1v) is 9.51. The summed E-state index contributed by atoms with van der Waals surface area (Å²) in [5.74, 6) is 0. The summed E-state index contributed by atoms with van der Waals surface area (Å²) in [5.41, 5.74) is 2.25. The Labute approximate surface area is 139 Å². The second-order valence-corrected chi connectivity index (χ2v) is 8.06. The molecule has 0 spiro atoms. The highest BCUT2D eigenvalue weighted by atomic mass is 32.2. The van der Waals surface area contributed by atoms with Crippen LogP contribution in [0.1, 0.15) is 11.8 Å². The van der Waals surface area contributed by atoms with Crippen LogP contribution < -0.4 is 4.72 Å². The molecule has 0 atom stereocenters. The molecule has 0 radical (unpaired) electrons. The fourth-order valence-corrected chi connectivity index (χ4v) is 4.47. The fourth-order valence-electron chi connectivity index (χ4n) is 2.13. The number of aryl methyl sites for hydroxylation is 1. The molecular formula is C17H16N2O2S2. The molecule has 1 aromatic carbocycles. The van der Waals surface area contributed by atoms with Crippen LogP contribution in [0.4, 0.5) is 5.69 Å². The van der Waals surface area contributed by atoms with E-state index in [-0.39, 0.29) is 0 Å². The van der Waals surface area contributed by atoms with Crippen molar-refractivity contribution in [1.82, 2.24) is 4.98 Å². The minimum absolute atomic E-state index is 0.321. The molecule has 0 amide bonds. The largest absolute Gasteiger partial charge is 0.277 e. The van der Waals surface area contributed by atoms with E-state index in [4.69, 9.17) is 0 Å². The van der Waals surface area contributed by atoms with Gasteiger partial charge in [-0.1, -0.05) is 37.3 Å². The van der Waals surface area contributed by atoms with Crippen molar-refractivity contribution in [2.75, 3.05) is 4.72 Å². The molecule has 0 bridgehead atoms. The Morgan fingerprint density at radius 2 is 1.83 bits per heavy atom. The molecule has 6 heteroatoms. The number of nitrogens with one attached hydrogen (secondary N) is 1. The highest BCUT2D eigenvalue weighted by molar-refractivity contribution is 7.94. The number of anilines is 1. The number of sulfonamides is 1. The average Bonchev–Trinajstić information content (AvgIpc) is 3.06. The van der Waals surface area contributed by atoms with Gasteiger partial charge in [0.25, 0.3) is 10.0 Å². The van der Waals surface area contributed by atoms with Gasteiger partial charge < -0.3 is 0 Å². The van der Waals surface area contributed by atoms with Crippen molar-refractivity contribution >= 4 is 27.0 Å². The van der Waals surface area contributed by atoms with E-state index < -0.39 is 10.0 Å². The summed E-state index contributed by atoms with van der Waals surface area (Å²) in [7, 11) is -3.55. The Hall–Kier alpha value is -2.18. The van der Waals surface area contributed by atoms with Gasteiger partial charge >= 0.3 is 0 Å². The van der Waals surface area contributed by atoms with Crippen LogP contribution in [0.15, 0.2) is 65.0 Å². The quantitative estimate of drug-likeness (QED) is 0.755. The molecule has 2 heterocycles. The lowest BCUT2D eigenvalue weighted by Gasteiger charge is -2.07. The maximum atomic E-state index is 12.4. The smallest absolute Gasteiger partial charge is 0.271 e. The molecule has 0 aliphatic carbocycles. The van der Waals surface area contributed by atoms with Gasteiger partial charge in [-0.05, 0) is 30.7 Å². The zero-order valence-electron chi connectivity index (χ0n) is 12.6. The molecule has 0 fully saturated rings. The summed E-state index contributed by atoms with van der Waals surface area (Å²) >= 11 is 1.29. The van der Waals surface area contributed by atoms with Crippen molar-refractivity contribution < 1.29 is 8.42 Å². The van der Waals surface area contributed by atoms with Crippen molar-refractivity contribution in [3.05, 3.63) is 65.7 Å². The molecule has 3 aromatic rings. The third-order valence-corrected chi connectivity index (χ3v) is 6.44. The molecule has 23 heavy (non-hydrogen) atoms. The van der Waals surface area contributed by atoms with Gasteiger partial charge in [-0.2, -0.15) is 0 Å². The number of aromatic nitrogens is 1. The molecule has 2 aromatic heterocycles. The van der Waals surface area contributed by atoms with Gasteiger partial charge in [-0.15, -0.1) is 11.3 Å². The number of hydrogen-bond acceptors (Lipinski definition) is 4. The molecule has 1 N–H and O–H groups in total. The predicted molar refractivity (Wildman–Crippen MR) is 94.2 cm³/mol. The van der Waals surface area contributed by atoms with Gasteiger partial charge in [0, 0.05) is 10.4 Å². The minimum atomic E-state index is -3.55. The second kappa shape index (κ2) is 6.52. The Morgan fingerprint density at radius 3 is 2.43 bits per heavy atom. The zero-order valence-corrected chi connectivity index (χ0v) is 14.2. The molecule has 0 unspecified atom stereocenters. The standard InChI is InChI=1S/C17H16N2O2S2/c1-2-15-9-11-17(22-15)23(20,21)19-14-8-10-16(18-12-14)13-6-4-3-5-7-13/h3-12,19H,2H2,1H3. The van der Waals surface area contributed by atoms with Crippen molar-refractivity contribution in [3.8, 4) is 11.3 Å². The van der Waals surface area contributed by atoms with Crippen molar-refractivity contribution in [3.63, 3.8) is 0 Å². The summed E-state index contributed by atoms with van der Waals surface area (Å²) in [4.78, 5) is 5.37. The monoisotopic (exact) mass is 344 g/mol. The maximum absolute atomic E-state index is 12.4. The molecule has 3 rings (SSSR count). The number of hydrogen-bond donors (Lipinski definition) is 1. The minimum Gasteiger partial charge on any atom is -0.277 e. The van der Waals surface area contributed by atoms with Crippen molar-refractivity contribution in [1.29, 1.82) is 0 Å². The summed E-state index contributed by atoms with van der Waals surface area (Å²) in [6, 6.07) is 16.8. The summed E-state index contributed by atoms with van der Waals surface area (Å²) in [5, 5.41) is 0. The number of thiophene rings is 1. The second-order valence-electron chi connectivity index (χ2n) is 4.98. The first-order valence-electron chi connectivity index (χ1n) is 7.21. The highest BCUT2D eigenvalue weighted by Gasteiger charge is 2.16. The normalized spacial score (nSPS) is 11.3. The Morgan fingerprint density at radius 1 is 1.04 bits per heavy atom. The van der Waals surface area contributed by atoms with Crippen LogP contribution >= 0.6 is 11.3 Å². The summed E-state index contributed by atoms with van der Waals surface area (Å²) < 4.78 is 27.6. The average molecular weight is 344 g/mol. The van der Waals surface area contributed by atoms with Crippen LogP contribution in [-0.4, -0.2) is 13.4 Å². The van der Waals surface area contributed by atoms with Crippen LogP contribution in [0.3, 0.4) is 0 Å². The van der Waals surface area contributed by atoms with E-state index in [0.717, 1.165) is 22.6 Å². The zero-order chi connectivity index (χ0) is 16.3. The Balaban J connectivity index is 1.80. The molecule has 0 aliphatic heterocycles. The van der Waals surface area contributed by atoms with E-state index in [9.17, 15) is 8.42 Å². The fraction of sp³-hybridized carbons (Fsp3) is 0.118. The van der Waals surface area contributed by atoms with E-state index in [0.29, 0.717) is 9.90 Å². The molecule has 118 valence electrons. The lowest BCUT2D eigenvalue weighted by Crippen LogP contribution is -2.11. The number of benzene rings is 1. The summed E-state index contributed by atoms with van der Waals surface area (Å²) in [6.07, 6.45) is 2.36. The van der Waals surface area contributed by atoms with E-state index in [1.807, 2.05) is 43.3 Å². The topological polar surface area (TPSA) is 59.1 Å². The maximum Gasteiger partial charge on any atom is 0.271 e. The molecule has 0 saturated heterocycles. The first-order chi connectivity index (χ1) is 11.1. The van der Waals surface area contributed by atoms with Crippen LogP contribution in [-0.2, 0) is 16.4 Å².